The van der Waals surface area contributed by atoms with E-state index >= 15 is 0 Å². The van der Waals surface area contributed by atoms with Gasteiger partial charge >= 0.3 is 6.16 Å². The molecule has 0 aliphatic heterocycles. The van der Waals surface area contributed by atoms with Crippen molar-refractivity contribution >= 4 is 39.3 Å². The van der Waals surface area contributed by atoms with E-state index in [1.54, 1.807) is 6.07 Å². The maximum Gasteiger partial charge on any atom is 0.513 e. The number of benzene rings is 3. The molecule has 4 heteroatoms. The second kappa shape index (κ2) is 5.02. The minimum absolute atomic E-state index is 0.426. The van der Waals surface area contributed by atoms with Gasteiger partial charge in [0.2, 0.25) is 0 Å². The van der Waals surface area contributed by atoms with E-state index in [1.807, 2.05) is 42.5 Å². The molecule has 20 heavy (non-hydrogen) atoms. The number of carbonyl (C=O) groups excluding carboxylic acids is 1. The van der Waals surface area contributed by atoms with Crippen LogP contribution in [-0.2, 0) is 4.74 Å². The highest BCUT2D eigenvalue weighted by atomic mass is 35.5. The van der Waals surface area contributed by atoms with E-state index in [0.29, 0.717) is 16.2 Å². The highest BCUT2D eigenvalue weighted by Crippen LogP contribution is 2.38. The smallest absolute Gasteiger partial charge is 0.437 e. The first-order valence-electron chi connectivity index (χ1n) is 6.06. The van der Waals surface area contributed by atoms with Crippen LogP contribution in [0.3, 0.4) is 0 Å². The zero-order valence-electron chi connectivity index (χ0n) is 10.7. The van der Waals surface area contributed by atoms with Crippen molar-refractivity contribution in [3.8, 4) is 5.75 Å². The molecule has 100 valence electrons. The van der Waals surface area contributed by atoms with Gasteiger partial charge in [0.1, 0.15) is 0 Å². The standard InChI is InChI=1S/C16H11ClO3/c1-19-16(18)20-15-12-7-3-2-5-10(12)9-11-6-4-8-13(17)14(11)15/h2-9H,1H3. The van der Waals surface area contributed by atoms with Gasteiger partial charge < -0.3 is 9.47 Å². The van der Waals surface area contributed by atoms with Crippen LogP contribution >= 0.6 is 11.6 Å². The van der Waals surface area contributed by atoms with Gasteiger partial charge in [-0.2, -0.15) is 0 Å². The molecule has 0 fully saturated rings. The van der Waals surface area contributed by atoms with Crippen LogP contribution < -0.4 is 4.74 Å². The summed E-state index contributed by atoms with van der Waals surface area (Å²) in [6, 6.07) is 15.2. The highest BCUT2D eigenvalue weighted by molar-refractivity contribution is 6.37. The zero-order chi connectivity index (χ0) is 14.1. The molecule has 0 bridgehead atoms. The summed E-state index contributed by atoms with van der Waals surface area (Å²) in [4.78, 5) is 11.5. The molecule has 3 aromatic rings. The molecule has 0 saturated heterocycles. The lowest BCUT2D eigenvalue weighted by Gasteiger charge is -2.12. The Kier molecular flexibility index (Phi) is 3.20. The average molecular weight is 287 g/mol. The van der Waals surface area contributed by atoms with Crippen molar-refractivity contribution in [2.24, 2.45) is 0 Å². The van der Waals surface area contributed by atoms with Gasteiger partial charge in [-0.15, -0.1) is 0 Å². The summed E-state index contributed by atoms with van der Waals surface area (Å²) in [6.45, 7) is 0. The van der Waals surface area contributed by atoms with E-state index in [2.05, 4.69) is 4.74 Å². The van der Waals surface area contributed by atoms with Crippen LogP contribution in [0.4, 0.5) is 4.79 Å². The molecule has 3 nitrogen and oxygen atoms in total. The third-order valence-corrected chi connectivity index (χ3v) is 3.46. The van der Waals surface area contributed by atoms with Crippen LogP contribution in [0.2, 0.25) is 5.02 Å². The van der Waals surface area contributed by atoms with Crippen LogP contribution in [0.25, 0.3) is 21.5 Å². The summed E-state index contributed by atoms with van der Waals surface area (Å²) < 4.78 is 9.91. The second-order valence-corrected chi connectivity index (χ2v) is 4.73. The van der Waals surface area contributed by atoms with E-state index in [4.69, 9.17) is 16.3 Å². The van der Waals surface area contributed by atoms with Gasteiger partial charge in [0.25, 0.3) is 0 Å². The van der Waals surface area contributed by atoms with E-state index in [1.165, 1.54) is 7.11 Å². The Labute approximate surface area is 120 Å². The topological polar surface area (TPSA) is 35.5 Å². The van der Waals surface area contributed by atoms with Gasteiger partial charge in [-0.25, -0.2) is 4.79 Å². The lowest BCUT2D eigenvalue weighted by atomic mass is 10.0. The second-order valence-electron chi connectivity index (χ2n) is 4.32. The first kappa shape index (κ1) is 12.8. The van der Waals surface area contributed by atoms with Crippen LogP contribution in [0.5, 0.6) is 5.75 Å². The van der Waals surface area contributed by atoms with Crippen molar-refractivity contribution in [2.45, 2.75) is 0 Å². The molecule has 0 atom stereocenters. The number of ether oxygens (including phenoxy) is 2. The van der Waals surface area contributed by atoms with Crippen molar-refractivity contribution in [1.82, 2.24) is 0 Å². The molecule has 0 amide bonds. The predicted molar refractivity (Wildman–Crippen MR) is 79.5 cm³/mol. The molecular formula is C16H11ClO3. The van der Waals surface area contributed by atoms with Crippen molar-refractivity contribution in [1.29, 1.82) is 0 Å². The first-order chi connectivity index (χ1) is 9.70. The summed E-state index contributed by atoms with van der Waals surface area (Å²) in [6.07, 6.45) is -0.762. The molecule has 0 aromatic heterocycles. The maximum absolute atomic E-state index is 11.5. The number of hydrogen-bond acceptors (Lipinski definition) is 3. The lowest BCUT2D eigenvalue weighted by molar-refractivity contribution is 0.122. The normalized spacial score (nSPS) is 10.7. The largest absolute Gasteiger partial charge is 0.513 e. The summed E-state index contributed by atoms with van der Waals surface area (Å²) in [5.74, 6) is 0.426. The molecule has 0 aliphatic rings. The SMILES string of the molecule is COC(=O)Oc1c2ccccc2cc2cccc(Cl)c12. The number of hydrogen-bond donors (Lipinski definition) is 0. The third-order valence-electron chi connectivity index (χ3n) is 3.14. The molecule has 3 aromatic carbocycles. The zero-order valence-corrected chi connectivity index (χ0v) is 11.5. The van der Waals surface area contributed by atoms with E-state index in [9.17, 15) is 4.79 Å². The Morgan fingerprint density at radius 2 is 1.80 bits per heavy atom. The third kappa shape index (κ3) is 2.06. The minimum atomic E-state index is -0.762. The van der Waals surface area contributed by atoms with Crippen LogP contribution in [0, 0.1) is 0 Å². The van der Waals surface area contributed by atoms with Gasteiger partial charge in [-0.05, 0) is 22.9 Å². The Morgan fingerprint density at radius 1 is 1.05 bits per heavy atom. The lowest BCUT2D eigenvalue weighted by Crippen LogP contribution is -2.08. The molecule has 0 spiro atoms. The molecule has 0 unspecified atom stereocenters. The van der Waals surface area contributed by atoms with Crippen molar-refractivity contribution in [3.05, 3.63) is 53.6 Å². The minimum Gasteiger partial charge on any atom is -0.437 e. The summed E-state index contributed by atoms with van der Waals surface area (Å²) in [5.41, 5.74) is 0. The number of methoxy groups -OCH3 is 1. The number of fused-ring (bicyclic) bond motifs is 2. The van der Waals surface area contributed by atoms with E-state index in [0.717, 1.165) is 16.2 Å². The molecule has 0 radical (unpaired) electrons. The Hall–Kier alpha value is -2.26. The van der Waals surface area contributed by atoms with Gasteiger partial charge in [-0.1, -0.05) is 48.0 Å². The van der Waals surface area contributed by atoms with E-state index in [-0.39, 0.29) is 0 Å². The Balaban J connectivity index is 2.41. The quantitative estimate of drug-likeness (QED) is 0.366. The van der Waals surface area contributed by atoms with Crippen LogP contribution in [0.15, 0.2) is 48.5 Å². The fourth-order valence-electron chi connectivity index (χ4n) is 2.26. The average Bonchev–Trinajstić information content (AvgIpc) is 2.47. The van der Waals surface area contributed by atoms with Gasteiger partial charge in [0.05, 0.1) is 12.1 Å². The molecule has 0 saturated carbocycles. The van der Waals surface area contributed by atoms with Gasteiger partial charge in [0, 0.05) is 10.8 Å². The molecule has 3 rings (SSSR count). The number of halogens is 1. The fourth-order valence-corrected chi connectivity index (χ4v) is 2.53. The van der Waals surface area contributed by atoms with Crippen LogP contribution in [-0.4, -0.2) is 13.3 Å². The fraction of sp³-hybridized carbons (Fsp3) is 0.0625. The summed E-state index contributed by atoms with van der Waals surface area (Å²) >= 11 is 6.26. The number of rotatable bonds is 1. The van der Waals surface area contributed by atoms with Crippen molar-refractivity contribution in [2.75, 3.05) is 7.11 Å². The molecule has 0 N–H and O–H groups in total. The van der Waals surface area contributed by atoms with Gasteiger partial charge in [0.15, 0.2) is 5.75 Å². The molecular weight excluding hydrogens is 276 g/mol. The molecule has 0 heterocycles. The highest BCUT2D eigenvalue weighted by Gasteiger charge is 2.15. The van der Waals surface area contributed by atoms with Crippen molar-refractivity contribution < 1.29 is 14.3 Å². The number of carbonyl (C=O) groups is 1. The summed E-state index contributed by atoms with van der Waals surface area (Å²) in [7, 11) is 1.28. The Bertz CT molecular complexity index is 811. The monoisotopic (exact) mass is 286 g/mol. The van der Waals surface area contributed by atoms with Crippen LogP contribution in [0.1, 0.15) is 0 Å². The Morgan fingerprint density at radius 3 is 2.60 bits per heavy atom. The van der Waals surface area contributed by atoms with Crippen molar-refractivity contribution in [3.63, 3.8) is 0 Å². The van der Waals surface area contributed by atoms with Gasteiger partial charge in [-0.3, -0.25) is 0 Å². The predicted octanol–water partition coefficient (Wildman–Crippen LogP) is 4.79. The summed E-state index contributed by atoms with van der Waals surface area (Å²) in [5, 5.41) is 3.94. The van der Waals surface area contributed by atoms with E-state index < -0.39 is 6.16 Å². The maximum atomic E-state index is 11.5. The first-order valence-corrected chi connectivity index (χ1v) is 6.44. The molecule has 0 aliphatic carbocycles.